The molecule has 2 aromatic carbocycles. The van der Waals surface area contributed by atoms with Crippen molar-refractivity contribution in [2.75, 3.05) is 38.3 Å². The first kappa shape index (κ1) is 24.3. The van der Waals surface area contributed by atoms with E-state index in [2.05, 4.69) is 15.9 Å². The highest BCUT2D eigenvalue weighted by atomic mass is 19.1. The number of rotatable bonds is 6. The first-order valence-electron chi connectivity index (χ1n) is 11.2. The molecule has 1 atom stereocenters. The molecule has 0 spiro atoms. The Bertz CT molecular complexity index is 1130. The van der Waals surface area contributed by atoms with Gasteiger partial charge in [-0.3, -0.25) is 4.90 Å². The summed E-state index contributed by atoms with van der Waals surface area (Å²) in [6.07, 6.45) is 1.88. The largest absolute Gasteiger partial charge is 0.353 e. The lowest BCUT2D eigenvalue weighted by Crippen LogP contribution is -2.36. The normalized spacial score (nSPS) is 15.4. The second-order valence-electron chi connectivity index (χ2n) is 8.52. The van der Waals surface area contributed by atoms with Crippen molar-refractivity contribution in [3.8, 4) is 17.3 Å². The molecule has 6 nitrogen and oxygen atoms in total. The van der Waals surface area contributed by atoms with E-state index in [1.165, 1.54) is 0 Å². The van der Waals surface area contributed by atoms with Gasteiger partial charge in [0.25, 0.3) is 0 Å². The Morgan fingerprint density at radius 1 is 1.21 bits per heavy atom. The second-order valence-corrected chi connectivity index (χ2v) is 8.52. The maximum atomic E-state index is 12.7. The Labute approximate surface area is 194 Å². The summed E-state index contributed by atoms with van der Waals surface area (Å²) in [6, 6.07) is 17.8. The fourth-order valence-electron chi connectivity index (χ4n) is 3.75. The number of carbonyl (C=O) groups is 1. The van der Waals surface area contributed by atoms with Crippen LogP contribution in [0, 0.1) is 17.2 Å². The van der Waals surface area contributed by atoms with Crippen LogP contribution in [0.5, 0.6) is 0 Å². The van der Waals surface area contributed by atoms with Gasteiger partial charge in [0, 0.05) is 37.2 Å². The first-order valence-corrected chi connectivity index (χ1v) is 11.2. The van der Waals surface area contributed by atoms with Crippen molar-refractivity contribution in [3.05, 3.63) is 54.1 Å². The smallest absolute Gasteiger partial charge is 0.156 e. The summed E-state index contributed by atoms with van der Waals surface area (Å²) < 4.78 is 12.7. The Morgan fingerprint density at radius 3 is 2.55 bits per heavy atom. The number of halogens is 1. The number of alkyl halides is 1. The molecule has 1 aliphatic rings. The van der Waals surface area contributed by atoms with E-state index in [-0.39, 0.29) is 12.6 Å². The summed E-state index contributed by atoms with van der Waals surface area (Å²) in [6.45, 7) is 5.45. The fraction of sp³-hybridized carbons (Fsp3) is 0.385. The maximum absolute atomic E-state index is 12.7. The lowest BCUT2D eigenvalue weighted by atomic mass is 10.1. The van der Waals surface area contributed by atoms with E-state index in [4.69, 9.17) is 9.97 Å². The Hall–Kier alpha value is -3.37. The number of para-hydroxylation sites is 2. The highest BCUT2D eigenvalue weighted by molar-refractivity contribution is 5.84. The van der Waals surface area contributed by atoms with Crippen LogP contribution >= 0.6 is 0 Å². The third kappa shape index (κ3) is 6.11. The number of fused-ring (bicyclic) bond motifs is 1. The van der Waals surface area contributed by atoms with Crippen LogP contribution in [-0.4, -0.2) is 60.6 Å². The molecule has 3 aromatic rings. The van der Waals surface area contributed by atoms with Crippen molar-refractivity contribution in [2.24, 2.45) is 5.92 Å². The van der Waals surface area contributed by atoms with Crippen molar-refractivity contribution in [3.63, 3.8) is 0 Å². The van der Waals surface area contributed by atoms with Gasteiger partial charge in [0.1, 0.15) is 18.7 Å². The zero-order valence-electron chi connectivity index (χ0n) is 19.4. The molecule has 33 heavy (non-hydrogen) atoms. The lowest BCUT2D eigenvalue weighted by Gasteiger charge is -2.25. The summed E-state index contributed by atoms with van der Waals surface area (Å²) in [7, 11) is 1.97. The van der Waals surface area contributed by atoms with Crippen LogP contribution in [0.15, 0.2) is 48.5 Å². The average molecular weight is 448 g/mol. The van der Waals surface area contributed by atoms with Crippen LogP contribution in [0.3, 0.4) is 0 Å². The van der Waals surface area contributed by atoms with Gasteiger partial charge >= 0.3 is 0 Å². The minimum absolute atomic E-state index is 0.204. The minimum Gasteiger partial charge on any atom is -0.353 e. The molecule has 1 saturated heterocycles. The third-order valence-corrected chi connectivity index (χ3v) is 5.61. The second kappa shape index (κ2) is 11.5. The van der Waals surface area contributed by atoms with E-state index in [1.54, 1.807) is 6.07 Å². The molecule has 0 saturated carbocycles. The van der Waals surface area contributed by atoms with E-state index in [9.17, 15) is 14.4 Å². The number of benzene rings is 2. The zero-order chi connectivity index (χ0) is 23.8. The summed E-state index contributed by atoms with van der Waals surface area (Å²) >= 11 is 0. The Kier molecular flexibility index (Phi) is 8.45. The number of anilines is 1. The van der Waals surface area contributed by atoms with Crippen LogP contribution in [0.2, 0.25) is 0 Å². The number of aldehydes is 1. The number of hydrogen-bond acceptors (Lipinski definition) is 6. The molecule has 0 N–H and O–H groups in total. The predicted octanol–water partition coefficient (Wildman–Crippen LogP) is 4.49. The van der Waals surface area contributed by atoms with Gasteiger partial charge in [0.05, 0.1) is 22.7 Å². The molecule has 1 aliphatic heterocycles. The van der Waals surface area contributed by atoms with Crippen LogP contribution in [0.25, 0.3) is 22.3 Å². The monoisotopic (exact) mass is 447 g/mol. The molecule has 1 aromatic heterocycles. The molecule has 0 bridgehead atoms. The Morgan fingerprint density at radius 2 is 1.91 bits per heavy atom. The molecule has 1 fully saturated rings. The molecule has 172 valence electrons. The summed E-state index contributed by atoms with van der Waals surface area (Å²) in [5.74, 6) is 1.03. The van der Waals surface area contributed by atoms with Gasteiger partial charge in [-0.2, -0.15) is 5.26 Å². The number of aromatic nitrogens is 2. The minimum atomic E-state index is -0.338. The zero-order valence-corrected chi connectivity index (χ0v) is 19.4. The molecule has 0 radical (unpaired) electrons. The highest BCUT2D eigenvalue weighted by Crippen LogP contribution is 2.32. The molecule has 2 heterocycles. The van der Waals surface area contributed by atoms with E-state index < -0.39 is 0 Å². The van der Waals surface area contributed by atoms with Gasteiger partial charge in [-0.1, -0.05) is 38.1 Å². The van der Waals surface area contributed by atoms with Gasteiger partial charge in [0.15, 0.2) is 5.82 Å². The topological polar surface area (TPSA) is 73.1 Å². The summed E-state index contributed by atoms with van der Waals surface area (Å²) in [5, 5.41) is 9.28. The van der Waals surface area contributed by atoms with Crippen molar-refractivity contribution in [2.45, 2.75) is 26.3 Å². The molecular formula is C26H30FN5O. The molecule has 1 unspecified atom stereocenters. The fourth-order valence-corrected chi connectivity index (χ4v) is 3.75. The maximum Gasteiger partial charge on any atom is 0.156 e. The van der Waals surface area contributed by atoms with Crippen molar-refractivity contribution >= 4 is 23.1 Å². The number of likely N-dealkylation sites (N-methyl/N-ethyl adjacent to an activating group) is 1. The highest BCUT2D eigenvalue weighted by Gasteiger charge is 2.29. The van der Waals surface area contributed by atoms with Crippen LogP contribution < -0.4 is 4.90 Å². The van der Waals surface area contributed by atoms with E-state index >= 15 is 0 Å². The third-order valence-electron chi connectivity index (χ3n) is 5.61. The van der Waals surface area contributed by atoms with Gasteiger partial charge < -0.3 is 9.69 Å². The molecule has 4 rings (SSSR count). The van der Waals surface area contributed by atoms with Crippen LogP contribution in [-0.2, 0) is 4.79 Å². The van der Waals surface area contributed by atoms with Gasteiger partial charge in [-0.25, -0.2) is 14.4 Å². The number of carbonyl (C=O) groups excluding carboxylic acids is 1. The van der Waals surface area contributed by atoms with Crippen molar-refractivity contribution in [1.29, 1.82) is 5.26 Å². The Balaban J connectivity index is 0.000000555. The number of nitriles is 1. The standard InChI is InChI=1S/C22H22FN5.C4H8O/c1-27(12-10-23)18-9-11-28(15-18)22-21(17-6-4-5-16(13-17)14-24)25-19-7-2-3-8-20(19)26-22;1-4(2)3-5/h2-8,13,18H,9-12,15H2,1H3;3-4H,1-2H3. The van der Waals surface area contributed by atoms with Crippen LogP contribution in [0.1, 0.15) is 25.8 Å². The summed E-state index contributed by atoms with van der Waals surface area (Å²) in [5.41, 5.74) is 3.94. The average Bonchev–Trinajstić information content (AvgIpc) is 3.34. The quantitative estimate of drug-likeness (QED) is 0.519. The van der Waals surface area contributed by atoms with E-state index in [0.29, 0.717) is 18.2 Å². The van der Waals surface area contributed by atoms with E-state index in [1.807, 2.05) is 63.4 Å². The molecule has 0 aliphatic carbocycles. The molecule has 0 amide bonds. The van der Waals surface area contributed by atoms with Gasteiger partial charge in [-0.15, -0.1) is 0 Å². The van der Waals surface area contributed by atoms with Crippen LogP contribution in [0.4, 0.5) is 10.2 Å². The van der Waals surface area contributed by atoms with Gasteiger partial charge in [-0.05, 0) is 37.7 Å². The van der Waals surface area contributed by atoms with Gasteiger partial charge in [0.2, 0.25) is 0 Å². The lowest BCUT2D eigenvalue weighted by molar-refractivity contribution is -0.110. The van der Waals surface area contributed by atoms with Crippen molar-refractivity contribution in [1.82, 2.24) is 14.9 Å². The molecular weight excluding hydrogens is 417 g/mol. The first-order chi connectivity index (χ1) is 16.0. The number of nitrogens with zero attached hydrogens (tertiary/aromatic N) is 5. The summed E-state index contributed by atoms with van der Waals surface area (Å²) in [4.78, 5) is 23.6. The number of hydrogen-bond donors (Lipinski definition) is 0. The SMILES string of the molecule is CC(C)C=O.CN(CCF)C1CCN(c2nc3ccccc3nc2-c2cccc(C#N)c2)C1. The molecule has 7 heteroatoms. The van der Waals surface area contributed by atoms with E-state index in [0.717, 1.165) is 53.9 Å². The van der Waals surface area contributed by atoms with Crippen molar-refractivity contribution < 1.29 is 9.18 Å². The predicted molar refractivity (Wildman–Crippen MR) is 130 cm³/mol.